The molecule has 62 heavy (non-hydrogen) atoms. The van der Waals surface area contributed by atoms with Crippen molar-refractivity contribution in [2.45, 2.75) is 25.7 Å². The molecule has 5 heteroatoms. The number of nitrogens with zero attached hydrogens (tertiary/aromatic N) is 5. The smallest absolute Gasteiger partial charge is 0.164 e. The van der Waals surface area contributed by atoms with E-state index in [4.69, 9.17) is 21.5 Å². The van der Waals surface area contributed by atoms with Crippen LogP contribution in [0.4, 0.5) is 11.4 Å². The molecule has 0 radical (unpaired) electrons. The second-order valence-electron chi connectivity index (χ2n) is 16.3. The molecule has 9 aromatic rings. The number of hydrogen-bond acceptors (Lipinski definition) is 4. The zero-order valence-corrected chi connectivity index (χ0v) is 34.2. The van der Waals surface area contributed by atoms with E-state index in [0.717, 1.165) is 86.7 Å². The highest BCUT2D eigenvalue weighted by Gasteiger charge is 2.29. The van der Waals surface area contributed by atoms with E-state index in [-0.39, 0.29) is 0 Å². The Bertz CT molecular complexity index is 3420. The highest BCUT2D eigenvalue weighted by atomic mass is 15.1. The Hall–Kier alpha value is -7.89. The van der Waals surface area contributed by atoms with Gasteiger partial charge in [-0.25, -0.2) is 15.0 Å². The van der Waals surface area contributed by atoms with Crippen LogP contribution in [0.2, 0.25) is 0 Å². The van der Waals surface area contributed by atoms with Gasteiger partial charge in [-0.1, -0.05) is 140 Å². The van der Waals surface area contributed by atoms with E-state index in [1.54, 1.807) is 0 Å². The maximum Gasteiger partial charge on any atom is 0.164 e. The standard InChI is InChI=1S/C57H41N5/c1-37-44-23-11-10-17-39(44)34-35-61(54-45(37)30-33-52-53(54)49-26-14-15-27-51(49)62(52)43-21-6-3-7-22-43)50-32-31-48(46-24-12-13-25-47(46)50)57-59-55(40-18-4-2-5-19-40)58-56(60-57)42-29-28-38-16-8-9-20-41(38)36-42/h2-10,12-13,15-22,24-25,27-36H,1,11,14,23,26H2/b35-34-. The second-order valence-corrected chi connectivity index (χ2v) is 16.3. The van der Waals surface area contributed by atoms with Gasteiger partial charge in [0, 0.05) is 50.6 Å². The SMILES string of the molecule is C=C1C2=C(C=CCC2)/C=C\N(c2ccc(-c3nc(-c4ccccc4)nc(-c4ccc5ccccc5c4)n3)c3ccccc23)c2c1ccc1c2c2c(n1-c1ccccc1)C=CCC2. The van der Waals surface area contributed by atoms with Crippen molar-refractivity contribution in [2.24, 2.45) is 0 Å². The Labute approximate surface area is 360 Å². The average molecular weight is 796 g/mol. The largest absolute Gasteiger partial charge is 0.315 e. The molecular formula is C57H41N5. The van der Waals surface area contributed by atoms with E-state index in [2.05, 4.69) is 180 Å². The molecule has 1 aliphatic heterocycles. The zero-order chi connectivity index (χ0) is 41.1. The molecule has 0 fully saturated rings. The number of aromatic nitrogens is 4. The van der Waals surface area contributed by atoms with Gasteiger partial charge in [-0.05, 0) is 113 Å². The molecule has 5 nitrogen and oxygen atoms in total. The molecule has 0 saturated carbocycles. The lowest BCUT2D eigenvalue weighted by Crippen LogP contribution is -2.15. The monoisotopic (exact) mass is 795 g/mol. The predicted octanol–water partition coefficient (Wildman–Crippen LogP) is 14.4. The maximum atomic E-state index is 5.25. The van der Waals surface area contributed by atoms with Crippen LogP contribution >= 0.6 is 0 Å². The summed E-state index contributed by atoms with van der Waals surface area (Å²) in [5.41, 5.74) is 14.8. The van der Waals surface area contributed by atoms with E-state index in [0.29, 0.717) is 17.5 Å². The Morgan fingerprint density at radius 2 is 1.23 bits per heavy atom. The molecule has 0 N–H and O–H groups in total. The van der Waals surface area contributed by atoms with E-state index < -0.39 is 0 Å². The fraction of sp³-hybridized carbons (Fsp3) is 0.0702. The molecule has 2 aliphatic carbocycles. The maximum absolute atomic E-state index is 5.25. The van der Waals surface area contributed by atoms with Crippen molar-refractivity contribution >= 4 is 55.5 Å². The number of anilines is 2. The lowest BCUT2D eigenvalue weighted by molar-refractivity contribution is 0.967. The molecule has 0 unspecified atom stereocenters. The Balaban J connectivity index is 1.10. The molecule has 0 saturated heterocycles. The van der Waals surface area contributed by atoms with Gasteiger partial charge in [-0.3, -0.25) is 0 Å². The van der Waals surface area contributed by atoms with Gasteiger partial charge >= 0.3 is 0 Å². The zero-order valence-electron chi connectivity index (χ0n) is 34.2. The van der Waals surface area contributed by atoms with Gasteiger partial charge in [0.1, 0.15) is 0 Å². The normalized spacial score (nSPS) is 15.1. The van der Waals surface area contributed by atoms with Gasteiger partial charge in [0.15, 0.2) is 17.5 Å². The fourth-order valence-corrected chi connectivity index (χ4v) is 9.77. The first-order valence-electron chi connectivity index (χ1n) is 21.5. The van der Waals surface area contributed by atoms with Crippen LogP contribution in [0.15, 0.2) is 200 Å². The number of allylic oxidation sites excluding steroid dienone is 7. The van der Waals surface area contributed by atoms with Crippen molar-refractivity contribution in [3.8, 4) is 39.9 Å². The van der Waals surface area contributed by atoms with E-state index in [1.165, 1.54) is 38.7 Å². The fourth-order valence-electron chi connectivity index (χ4n) is 9.77. The predicted molar refractivity (Wildman–Crippen MR) is 257 cm³/mol. The summed E-state index contributed by atoms with van der Waals surface area (Å²) in [7, 11) is 0. The van der Waals surface area contributed by atoms with Crippen molar-refractivity contribution in [2.75, 3.05) is 4.90 Å². The van der Waals surface area contributed by atoms with Crippen LogP contribution in [0.3, 0.4) is 0 Å². The number of fused-ring (bicyclic) bond motifs is 7. The first kappa shape index (κ1) is 36.0. The van der Waals surface area contributed by atoms with Crippen LogP contribution in [0.5, 0.6) is 0 Å². The summed E-state index contributed by atoms with van der Waals surface area (Å²) >= 11 is 0. The molecule has 0 spiro atoms. The third-order valence-electron chi connectivity index (χ3n) is 12.7. The van der Waals surface area contributed by atoms with Crippen molar-refractivity contribution in [3.63, 3.8) is 0 Å². The summed E-state index contributed by atoms with van der Waals surface area (Å²) in [5.74, 6) is 1.91. The first-order chi connectivity index (χ1) is 30.7. The van der Waals surface area contributed by atoms with Crippen molar-refractivity contribution < 1.29 is 0 Å². The minimum atomic E-state index is 0.632. The van der Waals surface area contributed by atoms with E-state index in [9.17, 15) is 0 Å². The second kappa shape index (κ2) is 14.7. The van der Waals surface area contributed by atoms with Gasteiger partial charge in [0.05, 0.1) is 16.9 Å². The van der Waals surface area contributed by atoms with Crippen LogP contribution in [0.1, 0.15) is 36.1 Å². The summed E-state index contributed by atoms with van der Waals surface area (Å²) in [6, 6.07) is 53.6. The topological polar surface area (TPSA) is 46.8 Å². The highest BCUT2D eigenvalue weighted by molar-refractivity contribution is 6.11. The third-order valence-corrected chi connectivity index (χ3v) is 12.7. The number of para-hydroxylation sites is 1. The van der Waals surface area contributed by atoms with E-state index in [1.807, 2.05) is 18.2 Å². The molecule has 0 amide bonds. The molecule has 0 bridgehead atoms. The number of aryl methyl sites for hydroxylation is 1. The van der Waals surface area contributed by atoms with Crippen LogP contribution < -0.4 is 4.90 Å². The molecule has 3 heterocycles. The quantitative estimate of drug-likeness (QED) is 0.174. The third kappa shape index (κ3) is 5.88. The minimum Gasteiger partial charge on any atom is -0.315 e. The molecule has 7 aromatic carbocycles. The number of hydrogen-bond donors (Lipinski definition) is 0. The van der Waals surface area contributed by atoms with Crippen LogP contribution in [0, 0.1) is 0 Å². The number of benzene rings is 7. The summed E-state index contributed by atoms with van der Waals surface area (Å²) in [4.78, 5) is 18.0. The van der Waals surface area contributed by atoms with Crippen molar-refractivity contribution in [1.29, 1.82) is 0 Å². The van der Waals surface area contributed by atoms with Gasteiger partial charge in [0.25, 0.3) is 0 Å². The molecule has 294 valence electrons. The summed E-state index contributed by atoms with van der Waals surface area (Å²) in [5, 5.41) is 5.75. The summed E-state index contributed by atoms with van der Waals surface area (Å²) < 4.78 is 2.44. The van der Waals surface area contributed by atoms with Gasteiger partial charge in [-0.15, -0.1) is 0 Å². The minimum absolute atomic E-state index is 0.632. The first-order valence-corrected chi connectivity index (χ1v) is 21.5. The van der Waals surface area contributed by atoms with Crippen LogP contribution in [-0.4, -0.2) is 19.5 Å². The highest BCUT2D eigenvalue weighted by Crippen LogP contribution is 2.50. The summed E-state index contributed by atoms with van der Waals surface area (Å²) in [6.07, 6.45) is 17.7. The van der Waals surface area contributed by atoms with Crippen LogP contribution in [-0.2, 0) is 6.42 Å². The Morgan fingerprint density at radius 1 is 0.532 bits per heavy atom. The van der Waals surface area contributed by atoms with Crippen LogP contribution in [0.25, 0.3) is 83.9 Å². The lowest BCUT2D eigenvalue weighted by atomic mass is 9.85. The Morgan fingerprint density at radius 3 is 2.08 bits per heavy atom. The molecule has 3 aliphatic rings. The molecule has 0 atom stereocenters. The van der Waals surface area contributed by atoms with Crippen molar-refractivity contribution in [1.82, 2.24) is 19.5 Å². The van der Waals surface area contributed by atoms with Gasteiger partial charge < -0.3 is 9.47 Å². The van der Waals surface area contributed by atoms with Crippen molar-refractivity contribution in [3.05, 3.63) is 217 Å². The average Bonchev–Trinajstić information content (AvgIpc) is 3.68. The lowest BCUT2D eigenvalue weighted by Gasteiger charge is -2.31. The molecule has 12 rings (SSSR count). The van der Waals surface area contributed by atoms with Gasteiger partial charge in [-0.2, -0.15) is 0 Å². The molecular weight excluding hydrogens is 755 g/mol. The Kier molecular flexibility index (Phi) is 8.53. The van der Waals surface area contributed by atoms with E-state index >= 15 is 0 Å². The van der Waals surface area contributed by atoms with Gasteiger partial charge in [0.2, 0.25) is 0 Å². The summed E-state index contributed by atoms with van der Waals surface area (Å²) in [6.45, 7) is 4.86. The molecule has 2 aromatic heterocycles. The number of rotatable bonds is 5.